The fourth-order valence-electron chi connectivity index (χ4n) is 5.97. The fraction of sp³-hybridized carbons (Fsp3) is 0.818. The first-order chi connectivity index (χ1) is 24.1. The van der Waals surface area contributed by atoms with Gasteiger partial charge in [0, 0.05) is 12.8 Å². The molecule has 0 aromatic carbocycles. The number of hydrogen-bond donors (Lipinski definition) is 1. The number of rotatable bonds is 38. The summed E-state index contributed by atoms with van der Waals surface area (Å²) in [6.45, 7) is 4.11. The molecule has 0 bridgehead atoms. The number of allylic oxidation sites excluding steroid dienone is 6. The van der Waals surface area contributed by atoms with E-state index < -0.39 is 6.10 Å². The maximum atomic E-state index is 12.2. The van der Waals surface area contributed by atoms with Crippen molar-refractivity contribution >= 4 is 11.9 Å². The Balaban J connectivity index is 3.56. The minimum Gasteiger partial charge on any atom is -0.462 e. The number of aliphatic hydroxyl groups is 1. The Labute approximate surface area is 304 Å². The monoisotopic (exact) mass is 689 g/mol. The van der Waals surface area contributed by atoms with E-state index in [4.69, 9.17) is 9.47 Å². The molecule has 0 aromatic heterocycles. The Hall–Kier alpha value is -1.88. The molecule has 5 nitrogen and oxygen atoms in total. The fourth-order valence-corrected chi connectivity index (χ4v) is 5.97. The van der Waals surface area contributed by atoms with E-state index in [-0.39, 0.29) is 25.2 Å². The lowest BCUT2D eigenvalue weighted by Crippen LogP contribution is -2.28. The third-order valence-electron chi connectivity index (χ3n) is 9.19. The molecular formula is C44H80O5. The first-order valence-corrected chi connectivity index (χ1v) is 21.0. The van der Waals surface area contributed by atoms with Crippen molar-refractivity contribution in [2.45, 2.75) is 219 Å². The molecular weight excluding hydrogens is 608 g/mol. The molecule has 1 N–H and O–H groups in total. The first kappa shape index (κ1) is 47.1. The number of aliphatic hydroxyl groups excluding tert-OH is 1. The van der Waals surface area contributed by atoms with E-state index in [1.807, 2.05) is 0 Å². The van der Waals surface area contributed by atoms with Crippen molar-refractivity contribution in [1.29, 1.82) is 0 Å². The van der Waals surface area contributed by atoms with Crippen LogP contribution in [0.15, 0.2) is 36.5 Å². The molecule has 1 unspecified atom stereocenters. The maximum Gasteiger partial charge on any atom is 0.306 e. The summed E-state index contributed by atoms with van der Waals surface area (Å²) in [7, 11) is 0. The van der Waals surface area contributed by atoms with Crippen LogP contribution in [-0.2, 0) is 19.1 Å². The van der Waals surface area contributed by atoms with Gasteiger partial charge in [0.05, 0.1) is 6.61 Å². The van der Waals surface area contributed by atoms with E-state index in [1.165, 1.54) is 128 Å². The zero-order valence-corrected chi connectivity index (χ0v) is 32.5. The molecule has 0 heterocycles. The van der Waals surface area contributed by atoms with Crippen LogP contribution in [0.1, 0.15) is 213 Å². The summed E-state index contributed by atoms with van der Waals surface area (Å²) in [5, 5.41) is 9.57. The average molecular weight is 689 g/mol. The Kier molecular flexibility index (Phi) is 39.0. The molecule has 0 rings (SSSR count). The smallest absolute Gasteiger partial charge is 0.306 e. The topological polar surface area (TPSA) is 72.8 Å². The second-order valence-electron chi connectivity index (χ2n) is 14.1. The second-order valence-corrected chi connectivity index (χ2v) is 14.1. The average Bonchev–Trinajstić information content (AvgIpc) is 3.10. The van der Waals surface area contributed by atoms with E-state index in [2.05, 4.69) is 50.3 Å². The van der Waals surface area contributed by atoms with Crippen LogP contribution in [0.4, 0.5) is 0 Å². The highest BCUT2D eigenvalue weighted by Crippen LogP contribution is 2.15. The summed E-state index contributed by atoms with van der Waals surface area (Å²) in [5.41, 5.74) is 0. The Morgan fingerprint density at radius 2 is 0.816 bits per heavy atom. The Bertz CT molecular complexity index is 786. The third-order valence-corrected chi connectivity index (χ3v) is 9.19. The number of carbonyl (C=O) groups is 2. The lowest BCUT2D eigenvalue weighted by Gasteiger charge is -2.15. The summed E-state index contributed by atoms with van der Waals surface area (Å²) < 4.78 is 10.6. The summed E-state index contributed by atoms with van der Waals surface area (Å²) in [5.74, 6) is -0.598. The number of carbonyl (C=O) groups excluding carboxylic acids is 2. The highest BCUT2D eigenvalue weighted by atomic mass is 16.6. The van der Waals surface area contributed by atoms with Crippen LogP contribution < -0.4 is 0 Å². The van der Waals surface area contributed by atoms with E-state index in [9.17, 15) is 14.7 Å². The van der Waals surface area contributed by atoms with Gasteiger partial charge >= 0.3 is 11.9 Å². The van der Waals surface area contributed by atoms with Crippen LogP contribution >= 0.6 is 0 Å². The Morgan fingerprint density at radius 3 is 1.27 bits per heavy atom. The predicted octanol–water partition coefficient (Wildman–Crippen LogP) is 13.2. The molecule has 1 atom stereocenters. The zero-order valence-electron chi connectivity index (χ0n) is 32.5. The molecule has 0 aliphatic heterocycles. The van der Waals surface area contributed by atoms with Crippen molar-refractivity contribution in [2.24, 2.45) is 0 Å². The summed E-state index contributed by atoms with van der Waals surface area (Å²) in [4.78, 5) is 24.3. The quantitative estimate of drug-likeness (QED) is 0.0397. The van der Waals surface area contributed by atoms with Crippen LogP contribution in [0.5, 0.6) is 0 Å². The molecule has 0 spiro atoms. The molecule has 0 saturated heterocycles. The molecule has 0 fully saturated rings. The van der Waals surface area contributed by atoms with Gasteiger partial charge < -0.3 is 14.6 Å². The highest BCUT2D eigenvalue weighted by molar-refractivity contribution is 5.70. The largest absolute Gasteiger partial charge is 0.462 e. The molecule has 0 aromatic rings. The van der Waals surface area contributed by atoms with E-state index in [0.717, 1.165) is 57.8 Å². The van der Waals surface area contributed by atoms with Gasteiger partial charge in [0.25, 0.3) is 0 Å². The van der Waals surface area contributed by atoms with Gasteiger partial charge in [0.2, 0.25) is 0 Å². The highest BCUT2D eigenvalue weighted by Gasteiger charge is 2.16. The van der Waals surface area contributed by atoms with Gasteiger partial charge in [-0.15, -0.1) is 0 Å². The predicted molar refractivity (Wildman–Crippen MR) is 210 cm³/mol. The van der Waals surface area contributed by atoms with Crippen molar-refractivity contribution < 1.29 is 24.2 Å². The number of esters is 2. The van der Waals surface area contributed by atoms with Crippen molar-refractivity contribution in [2.75, 3.05) is 13.2 Å². The van der Waals surface area contributed by atoms with Gasteiger partial charge in [-0.1, -0.05) is 185 Å². The van der Waals surface area contributed by atoms with Crippen LogP contribution in [0.3, 0.4) is 0 Å². The van der Waals surface area contributed by atoms with Crippen LogP contribution in [0.25, 0.3) is 0 Å². The van der Waals surface area contributed by atoms with E-state index in [1.54, 1.807) is 0 Å². The minimum atomic E-state index is -0.775. The molecule has 0 aliphatic carbocycles. The molecule has 0 saturated carbocycles. The molecule has 5 heteroatoms. The summed E-state index contributed by atoms with van der Waals surface area (Å²) in [6.07, 6.45) is 49.2. The van der Waals surface area contributed by atoms with Crippen LogP contribution in [-0.4, -0.2) is 36.4 Å². The van der Waals surface area contributed by atoms with Crippen LogP contribution in [0.2, 0.25) is 0 Å². The number of unbranched alkanes of at least 4 members (excludes halogenated alkanes) is 24. The zero-order chi connectivity index (χ0) is 35.7. The third kappa shape index (κ3) is 38.8. The number of hydrogen-bond acceptors (Lipinski definition) is 5. The van der Waals surface area contributed by atoms with Gasteiger partial charge in [-0.3, -0.25) is 9.59 Å². The first-order valence-electron chi connectivity index (χ1n) is 21.0. The minimum absolute atomic E-state index is 0.0683. The second kappa shape index (κ2) is 40.5. The molecule has 0 aliphatic rings. The normalized spacial score (nSPS) is 12.5. The van der Waals surface area contributed by atoms with Gasteiger partial charge in [-0.25, -0.2) is 0 Å². The van der Waals surface area contributed by atoms with Gasteiger partial charge in [0.1, 0.15) is 6.61 Å². The van der Waals surface area contributed by atoms with Crippen molar-refractivity contribution in [3.8, 4) is 0 Å². The van der Waals surface area contributed by atoms with Crippen molar-refractivity contribution in [3.05, 3.63) is 36.5 Å². The number of ether oxygens (including phenoxy) is 2. The van der Waals surface area contributed by atoms with Crippen LogP contribution in [0, 0.1) is 0 Å². The van der Waals surface area contributed by atoms with Gasteiger partial charge in [-0.05, 0) is 51.4 Å². The van der Waals surface area contributed by atoms with Crippen molar-refractivity contribution in [1.82, 2.24) is 0 Å². The molecule has 49 heavy (non-hydrogen) atoms. The van der Waals surface area contributed by atoms with E-state index >= 15 is 0 Å². The van der Waals surface area contributed by atoms with Crippen molar-refractivity contribution in [3.63, 3.8) is 0 Å². The maximum absolute atomic E-state index is 12.2. The van der Waals surface area contributed by atoms with Gasteiger partial charge in [0.15, 0.2) is 6.10 Å². The lowest BCUT2D eigenvalue weighted by molar-refractivity contribution is -0.161. The van der Waals surface area contributed by atoms with Gasteiger partial charge in [-0.2, -0.15) is 0 Å². The summed E-state index contributed by atoms with van der Waals surface area (Å²) in [6, 6.07) is 0. The molecule has 0 amide bonds. The molecule has 0 radical (unpaired) electrons. The standard InChI is InChI=1S/C44H80O5/c1-3-5-7-9-11-13-15-17-19-21-22-23-25-27-29-31-33-35-37-39-44(47)49-42(40-45)41-48-43(46)38-36-34-32-30-28-26-24-20-18-16-14-12-10-8-6-4-2/h11,13,17,19,22-23,42,45H,3-10,12,14-16,18,20-21,24-41H2,1-2H3/b13-11-,19-17-,23-22-. The van der Waals surface area contributed by atoms with E-state index in [0.29, 0.717) is 12.8 Å². The Morgan fingerprint density at radius 1 is 0.469 bits per heavy atom. The summed E-state index contributed by atoms with van der Waals surface area (Å²) >= 11 is 0. The molecule has 286 valence electrons. The SMILES string of the molecule is CCCCC/C=C\C/C=C\C/C=C\CCCCCCCCC(=O)OC(CO)COC(=O)CCCCCCCCCCCCCCCCCC. The lowest BCUT2D eigenvalue weighted by atomic mass is 10.0.